The topological polar surface area (TPSA) is 29.3 Å². The SMILES string of the molecule is NCCC1CCCN1Cc1ccc(F)cc1. The van der Waals surface area contributed by atoms with E-state index < -0.39 is 0 Å². The lowest BCUT2D eigenvalue weighted by atomic mass is 10.1. The van der Waals surface area contributed by atoms with Gasteiger partial charge >= 0.3 is 0 Å². The van der Waals surface area contributed by atoms with E-state index in [9.17, 15) is 4.39 Å². The van der Waals surface area contributed by atoms with Crippen LogP contribution in [0.15, 0.2) is 24.3 Å². The Labute approximate surface area is 96.2 Å². The molecule has 0 aliphatic carbocycles. The molecule has 16 heavy (non-hydrogen) atoms. The first-order valence-electron chi connectivity index (χ1n) is 5.98. The summed E-state index contributed by atoms with van der Waals surface area (Å²) < 4.78 is 12.8. The maximum absolute atomic E-state index is 12.8. The molecule has 88 valence electrons. The van der Waals surface area contributed by atoms with Crippen LogP contribution < -0.4 is 5.73 Å². The monoisotopic (exact) mass is 222 g/mol. The van der Waals surface area contributed by atoms with Gasteiger partial charge < -0.3 is 5.73 Å². The van der Waals surface area contributed by atoms with Crippen molar-refractivity contribution >= 4 is 0 Å². The molecule has 1 aromatic carbocycles. The minimum atomic E-state index is -0.163. The molecule has 0 spiro atoms. The second kappa shape index (κ2) is 5.41. The maximum atomic E-state index is 12.8. The van der Waals surface area contributed by atoms with Crippen LogP contribution in [0.4, 0.5) is 4.39 Å². The van der Waals surface area contributed by atoms with Gasteiger partial charge in [0.15, 0.2) is 0 Å². The number of hydrogen-bond donors (Lipinski definition) is 1. The largest absolute Gasteiger partial charge is 0.330 e. The van der Waals surface area contributed by atoms with Gasteiger partial charge in [-0.2, -0.15) is 0 Å². The molecule has 1 heterocycles. The molecule has 1 aliphatic heterocycles. The Morgan fingerprint density at radius 1 is 1.31 bits per heavy atom. The first-order valence-corrected chi connectivity index (χ1v) is 5.98. The predicted octanol–water partition coefficient (Wildman–Crippen LogP) is 2.14. The van der Waals surface area contributed by atoms with Gasteiger partial charge in [-0.05, 0) is 50.0 Å². The van der Waals surface area contributed by atoms with Gasteiger partial charge in [0.05, 0.1) is 0 Å². The van der Waals surface area contributed by atoms with Gasteiger partial charge in [-0.1, -0.05) is 12.1 Å². The van der Waals surface area contributed by atoms with E-state index in [1.165, 1.54) is 30.5 Å². The van der Waals surface area contributed by atoms with Crippen molar-refractivity contribution in [2.75, 3.05) is 13.1 Å². The zero-order chi connectivity index (χ0) is 11.4. The van der Waals surface area contributed by atoms with E-state index >= 15 is 0 Å². The highest BCUT2D eigenvalue weighted by atomic mass is 19.1. The Morgan fingerprint density at radius 2 is 2.06 bits per heavy atom. The highest BCUT2D eigenvalue weighted by Gasteiger charge is 2.23. The summed E-state index contributed by atoms with van der Waals surface area (Å²) in [4.78, 5) is 2.46. The third kappa shape index (κ3) is 2.80. The summed E-state index contributed by atoms with van der Waals surface area (Å²) in [5.74, 6) is -0.163. The van der Waals surface area contributed by atoms with Gasteiger partial charge in [0.25, 0.3) is 0 Å². The van der Waals surface area contributed by atoms with Crippen LogP contribution in [0.2, 0.25) is 0 Å². The third-order valence-corrected chi connectivity index (χ3v) is 3.30. The van der Waals surface area contributed by atoms with Crippen molar-refractivity contribution < 1.29 is 4.39 Å². The number of nitrogens with zero attached hydrogens (tertiary/aromatic N) is 1. The lowest BCUT2D eigenvalue weighted by molar-refractivity contribution is 0.237. The van der Waals surface area contributed by atoms with Crippen molar-refractivity contribution in [3.05, 3.63) is 35.6 Å². The van der Waals surface area contributed by atoms with Gasteiger partial charge in [-0.25, -0.2) is 4.39 Å². The molecule has 0 bridgehead atoms. The Kier molecular flexibility index (Phi) is 3.91. The van der Waals surface area contributed by atoms with Crippen molar-refractivity contribution in [3.63, 3.8) is 0 Å². The molecule has 3 heteroatoms. The van der Waals surface area contributed by atoms with Crippen LogP contribution in [0.1, 0.15) is 24.8 Å². The van der Waals surface area contributed by atoms with Crippen molar-refractivity contribution in [1.29, 1.82) is 0 Å². The standard InChI is InChI=1S/C13H19FN2/c14-12-5-3-11(4-6-12)10-16-9-1-2-13(16)7-8-15/h3-6,13H,1-2,7-10,15H2. The lowest BCUT2D eigenvalue weighted by Crippen LogP contribution is -2.30. The van der Waals surface area contributed by atoms with E-state index in [-0.39, 0.29) is 5.82 Å². The molecule has 2 rings (SSSR count). The number of hydrogen-bond acceptors (Lipinski definition) is 2. The molecule has 1 unspecified atom stereocenters. The van der Waals surface area contributed by atoms with Crippen LogP contribution in [-0.2, 0) is 6.54 Å². The summed E-state index contributed by atoms with van der Waals surface area (Å²) in [6, 6.07) is 7.42. The van der Waals surface area contributed by atoms with Crippen LogP contribution in [0, 0.1) is 5.82 Å². The van der Waals surface area contributed by atoms with Crippen LogP contribution in [0.3, 0.4) is 0 Å². The maximum Gasteiger partial charge on any atom is 0.123 e. The summed E-state index contributed by atoms with van der Waals surface area (Å²) >= 11 is 0. The van der Waals surface area contributed by atoms with E-state index in [1.54, 1.807) is 0 Å². The molecular formula is C13H19FN2. The Hall–Kier alpha value is -0.930. The van der Waals surface area contributed by atoms with Crippen LogP contribution in [-0.4, -0.2) is 24.0 Å². The van der Waals surface area contributed by atoms with Crippen molar-refractivity contribution in [2.24, 2.45) is 5.73 Å². The first-order chi connectivity index (χ1) is 7.79. The van der Waals surface area contributed by atoms with Gasteiger partial charge in [-0.3, -0.25) is 4.90 Å². The molecular weight excluding hydrogens is 203 g/mol. The molecule has 1 atom stereocenters. The average molecular weight is 222 g/mol. The van der Waals surface area contributed by atoms with Crippen LogP contribution in [0.5, 0.6) is 0 Å². The van der Waals surface area contributed by atoms with Crippen molar-refractivity contribution in [1.82, 2.24) is 4.90 Å². The average Bonchev–Trinajstić information content (AvgIpc) is 2.70. The molecule has 2 nitrogen and oxygen atoms in total. The fraction of sp³-hybridized carbons (Fsp3) is 0.538. The summed E-state index contributed by atoms with van der Waals surface area (Å²) in [5.41, 5.74) is 6.79. The Balaban J connectivity index is 1.95. The fourth-order valence-electron chi connectivity index (χ4n) is 2.45. The molecule has 1 aliphatic rings. The number of rotatable bonds is 4. The lowest BCUT2D eigenvalue weighted by Gasteiger charge is -2.24. The normalized spacial score (nSPS) is 21.5. The van der Waals surface area contributed by atoms with Crippen molar-refractivity contribution in [3.8, 4) is 0 Å². The third-order valence-electron chi connectivity index (χ3n) is 3.30. The first kappa shape index (κ1) is 11.6. The van der Waals surface area contributed by atoms with Gasteiger partial charge in [0.1, 0.15) is 5.82 Å². The zero-order valence-electron chi connectivity index (χ0n) is 9.53. The summed E-state index contributed by atoms with van der Waals surface area (Å²) in [7, 11) is 0. The molecule has 0 amide bonds. The van der Waals surface area contributed by atoms with Gasteiger partial charge in [-0.15, -0.1) is 0 Å². The zero-order valence-corrected chi connectivity index (χ0v) is 9.53. The quantitative estimate of drug-likeness (QED) is 0.845. The highest BCUT2D eigenvalue weighted by molar-refractivity contribution is 5.16. The molecule has 1 saturated heterocycles. The summed E-state index contributed by atoms with van der Waals surface area (Å²) in [6.07, 6.45) is 3.57. The van der Waals surface area contributed by atoms with Crippen LogP contribution >= 0.6 is 0 Å². The van der Waals surface area contributed by atoms with Gasteiger partial charge in [0, 0.05) is 12.6 Å². The number of likely N-dealkylation sites (tertiary alicyclic amines) is 1. The summed E-state index contributed by atoms with van der Waals surface area (Å²) in [5, 5.41) is 0. The minimum absolute atomic E-state index is 0.163. The molecule has 0 saturated carbocycles. The summed E-state index contributed by atoms with van der Waals surface area (Å²) in [6.45, 7) is 2.82. The molecule has 0 radical (unpaired) electrons. The van der Waals surface area contributed by atoms with E-state index in [4.69, 9.17) is 5.73 Å². The van der Waals surface area contributed by atoms with Gasteiger partial charge in [0.2, 0.25) is 0 Å². The van der Waals surface area contributed by atoms with E-state index in [2.05, 4.69) is 4.90 Å². The van der Waals surface area contributed by atoms with Crippen LogP contribution in [0.25, 0.3) is 0 Å². The van der Waals surface area contributed by atoms with E-state index in [1.807, 2.05) is 12.1 Å². The van der Waals surface area contributed by atoms with E-state index in [0.29, 0.717) is 6.04 Å². The number of nitrogens with two attached hydrogens (primary N) is 1. The Morgan fingerprint density at radius 3 is 2.75 bits per heavy atom. The van der Waals surface area contributed by atoms with Crippen molar-refractivity contribution in [2.45, 2.75) is 31.8 Å². The molecule has 0 aromatic heterocycles. The second-order valence-corrected chi connectivity index (χ2v) is 4.47. The van der Waals surface area contributed by atoms with E-state index in [0.717, 1.165) is 26.1 Å². The molecule has 1 aromatic rings. The fourth-order valence-corrected chi connectivity index (χ4v) is 2.45. The molecule has 1 fully saturated rings. The second-order valence-electron chi connectivity index (χ2n) is 4.47. The smallest absolute Gasteiger partial charge is 0.123 e. The predicted molar refractivity (Wildman–Crippen MR) is 63.5 cm³/mol. The minimum Gasteiger partial charge on any atom is -0.330 e. The highest BCUT2D eigenvalue weighted by Crippen LogP contribution is 2.22. The number of halogens is 1. The molecule has 2 N–H and O–H groups in total. The number of benzene rings is 1. The Bertz CT molecular complexity index is 323.